The summed E-state index contributed by atoms with van der Waals surface area (Å²) in [6, 6.07) is 6.58. The summed E-state index contributed by atoms with van der Waals surface area (Å²) in [6.45, 7) is 12.3. The first-order valence-electron chi connectivity index (χ1n) is 11.4. The quantitative estimate of drug-likeness (QED) is 0.336. The molecule has 0 spiro atoms. The van der Waals surface area contributed by atoms with E-state index < -0.39 is 12.1 Å². The molecule has 0 bridgehead atoms. The Morgan fingerprint density at radius 3 is 1.91 bits per heavy atom. The van der Waals surface area contributed by atoms with Gasteiger partial charge in [0, 0.05) is 18.2 Å². The normalized spacial score (nSPS) is 11.5. The zero-order chi connectivity index (χ0) is 25.8. The summed E-state index contributed by atoms with van der Waals surface area (Å²) < 4.78 is 0. The molecule has 0 saturated heterocycles. The lowest BCUT2D eigenvalue weighted by atomic mass is 10.1. The van der Waals surface area contributed by atoms with Gasteiger partial charge in [-0.25, -0.2) is 4.79 Å². The Labute approximate surface area is 198 Å². The van der Waals surface area contributed by atoms with Gasteiger partial charge in [0.25, 0.3) is 0 Å². The average molecular weight is 466 g/mol. The maximum absolute atomic E-state index is 11.7. The minimum atomic E-state index is -0.591. The standard InChI is InChI=1S/C15H23N3O2.C5H10O.C4H10N2O/c1-4-11-5-7-12(8-6-11)18-13(19)9-17-15(20)14(16)10(2)3;1-3-5(2)4-6;1-2-3-6-4(5)7/h5-8,10,14H,4,9,16H2,1-3H3,(H,17,20)(H,18,19);4-5H,3H2,1-2H3;2-3H2,1H3,(H3,5,6,7). The molecule has 9 heteroatoms. The number of amides is 4. The number of benzene rings is 1. The van der Waals surface area contributed by atoms with Crippen molar-refractivity contribution in [3.05, 3.63) is 29.8 Å². The van der Waals surface area contributed by atoms with Crippen molar-refractivity contribution >= 4 is 29.8 Å². The molecule has 4 amide bonds. The van der Waals surface area contributed by atoms with Crippen molar-refractivity contribution in [2.75, 3.05) is 18.4 Å². The molecule has 1 aromatic carbocycles. The molecule has 0 aliphatic rings. The number of primary amides is 1. The fourth-order valence-corrected chi connectivity index (χ4v) is 1.96. The summed E-state index contributed by atoms with van der Waals surface area (Å²) in [6.07, 6.45) is 3.82. The topological polar surface area (TPSA) is 156 Å². The molecule has 7 N–H and O–H groups in total. The van der Waals surface area contributed by atoms with E-state index in [1.807, 2.05) is 58.9 Å². The number of nitrogens with two attached hydrogens (primary N) is 2. The molecule has 188 valence electrons. The second-order valence-electron chi connectivity index (χ2n) is 7.90. The molecule has 0 fully saturated rings. The summed E-state index contributed by atoms with van der Waals surface area (Å²) in [4.78, 5) is 42.9. The first-order chi connectivity index (χ1) is 15.5. The van der Waals surface area contributed by atoms with Crippen molar-refractivity contribution in [3.63, 3.8) is 0 Å². The van der Waals surface area contributed by atoms with Gasteiger partial charge in [0.15, 0.2) is 0 Å². The number of carbonyl (C=O) groups is 4. The summed E-state index contributed by atoms with van der Waals surface area (Å²) in [5.41, 5.74) is 12.3. The van der Waals surface area contributed by atoms with E-state index in [1.54, 1.807) is 0 Å². The van der Waals surface area contributed by atoms with E-state index in [4.69, 9.17) is 11.5 Å². The van der Waals surface area contributed by atoms with Crippen molar-refractivity contribution < 1.29 is 19.2 Å². The van der Waals surface area contributed by atoms with Gasteiger partial charge in [0.2, 0.25) is 11.8 Å². The van der Waals surface area contributed by atoms with Crippen LogP contribution in [0, 0.1) is 11.8 Å². The highest BCUT2D eigenvalue weighted by atomic mass is 16.2. The number of carbonyl (C=O) groups excluding carboxylic acids is 4. The van der Waals surface area contributed by atoms with Crippen LogP contribution in [0.15, 0.2) is 24.3 Å². The fourth-order valence-electron chi connectivity index (χ4n) is 1.96. The Hall–Kier alpha value is -2.94. The lowest BCUT2D eigenvalue weighted by molar-refractivity contribution is -0.125. The first-order valence-corrected chi connectivity index (χ1v) is 11.4. The van der Waals surface area contributed by atoms with Crippen LogP contribution in [0.25, 0.3) is 0 Å². The first kappa shape index (κ1) is 32.2. The van der Waals surface area contributed by atoms with Crippen LogP contribution in [0.4, 0.5) is 10.5 Å². The zero-order valence-corrected chi connectivity index (χ0v) is 20.9. The molecule has 2 unspecified atom stereocenters. The maximum atomic E-state index is 11.7. The number of aryl methyl sites for hydroxylation is 1. The van der Waals surface area contributed by atoms with Gasteiger partial charge in [-0.15, -0.1) is 0 Å². The monoisotopic (exact) mass is 465 g/mol. The molecule has 1 aromatic rings. The number of anilines is 1. The molecule has 0 aliphatic carbocycles. The van der Waals surface area contributed by atoms with Gasteiger partial charge in [-0.1, -0.05) is 53.7 Å². The Morgan fingerprint density at radius 2 is 1.58 bits per heavy atom. The molecule has 1 rings (SSSR count). The predicted octanol–water partition coefficient (Wildman–Crippen LogP) is 2.58. The highest BCUT2D eigenvalue weighted by Crippen LogP contribution is 2.09. The van der Waals surface area contributed by atoms with E-state index in [1.165, 1.54) is 5.56 Å². The molecule has 0 heterocycles. The minimum absolute atomic E-state index is 0.0413. The third kappa shape index (κ3) is 18.3. The highest BCUT2D eigenvalue weighted by Gasteiger charge is 2.17. The van der Waals surface area contributed by atoms with Crippen molar-refractivity contribution in [3.8, 4) is 0 Å². The summed E-state index contributed by atoms with van der Waals surface area (Å²) >= 11 is 0. The van der Waals surface area contributed by atoms with Gasteiger partial charge in [-0.2, -0.15) is 0 Å². The zero-order valence-electron chi connectivity index (χ0n) is 20.9. The second-order valence-corrected chi connectivity index (χ2v) is 7.90. The van der Waals surface area contributed by atoms with Gasteiger partial charge in [-0.05, 0) is 42.9 Å². The highest BCUT2D eigenvalue weighted by molar-refractivity contribution is 5.95. The van der Waals surface area contributed by atoms with Gasteiger partial charge in [0.05, 0.1) is 12.6 Å². The molecular weight excluding hydrogens is 422 g/mol. The maximum Gasteiger partial charge on any atom is 0.312 e. The second kappa shape index (κ2) is 19.7. The third-order valence-electron chi connectivity index (χ3n) is 4.52. The van der Waals surface area contributed by atoms with E-state index >= 15 is 0 Å². The molecule has 9 nitrogen and oxygen atoms in total. The number of aldehydes is 1. The fraction of sp³-hybridized carbons (Fsp3) is 0.583. The van der Waals surface area contributed by atoms with Crippen LogP contribution in [0.3, 0.4) is 0 Å². The third-order valence-corrected chi connectivity index (χ3v) is 4.52. The van der Waals surface area contributed by atoms with E-state index in [9.17, 15) is 19.2 Å². The van der Waals surface area contributed by atoms with Crippen LogP contribution in [-0.2, 0) is 20.8 Å². The van der Waals surface area contributed by atoms with E-state index in [2.05, 4.69) is 22.9 Å². The average Bonchev–Trinajstić information content (AvgIpc) is 2.81. The van der Waals surface area contributed by atoms with Gasteiger partial charge >= 0.3 is 6.03 Å². The number of rotatable bonds is 10. The summed E-state index contributed by atoms with van der Waals surface area (Å²) in [5.74, 6) is -0.278. The van der Waals surface area contributed by atoms with Crippen molar-refractivity contribution in [2.24, 2.45) is 23.3 Å². The largest absolute Gasteiger partial charge is 0.352 e. The van der Waals surface area contributed by atoms with Crippen LogP contribution < -0.4 is 27.4 Å². The minimum Gasteiger partial charge on any atom is -0.352 e. The van der Waals surface area contributed by atoms with E-state index in [0.717, 1.165) is 31.2 Å². The Kier molecular flexibility index (Phi) is 19.3. The summed E-state index contributed by atoms with van der Waals surface area (Å²) in [5, 5.41) is 7.69. The Bertz CT molecular complexity index is 693. The number of hydrogen-bond donors (Lipinski definition) is 5. The van der Waals surface area contributed by atoms with E-state index in [0.29, 0.717) is 6.54 Å². The Balaban J connectivity index is 0. The SMILES string of the molecule is CCC(C)C=O.CCCNC(N)=O.CCc1ccc(NC(=O)CNC(=O)C(N)C(C)C)cc1. The van der Waals surface area contributed by atoms with Crippen molar-refractivity contribution in [1.82, 2.24) is 10.6 Å². The predicted molar refractivity (Wildman–Crippen MR) is 134 cm³/mol. The molecule has 0 radical (unpaired) electrons. The summed E-state index contributed by atoms with van der Waals surface area (Å²) in [7, 11) is 0. The van der Waals surface area contributed by atoms with Gasteiger partial charge in [0.1, 0.15) is 6.29 Å². The number of hydrogen-bond acceptors (Lipinski definition) is 5. The Morgan fingerprint density at radius 1 is 1.00 bits per heavy atom. The lowest BCUT2D eigenvalue weighted by Gasteiger charge is -2.15. The van der Waals surface area contributed by atoms with Crippen molar-refractivity contribution in [1.29, 1.82) is 0 Å². The van der Waals surface area contributed by atoms with Gasteiger partial charge in [-0.3, -0.25) is 9.59 Å². The number of nitrogens with one attached hydrogen (secondary N) is 3. The molecule has 33 heavy (non-hydrogen) atoms. The molecule has 0 aliphatic heterocycles. The smallest absolute Gasteiger partial charge is 0.312 e. The van der Waals surface area contributed by atoms with Crippen LogP contribution in [-0.4, -0.2) is 43.3 Å². The molecule has 2 atom stereocenters. The van der Waals surface area contributed by atoms with Crippen LogP contribution in [0.5, 0.6) is 0 Å². The number of urea groups is 1. The lowest BCUT2D eigenvalue weighted by Crippen LogP contribution is -2.46. The molecule has 0 aromatic heterocycles. The van der Waals surface area contributed by atoms with Crippen LogP contribution in [0.2, 0.25) is 0 Å². The molecule has 0 saturated carbocycles. The van der Waals surface area contributed by atoms with Gasteiger partial charge < -0.3 is 32.2 Å². The van der Waals surface area contributed by atoms with Crippen LogP contribution >= 0.6 is 0 Å². The van der Waals surface area contributed by atoms with Crippen LogP contribution in [0.1, 0.15) is 59.9 Å². The van der Waals surface area contributed by atoms with Crippen molar-refractivity contribution in [2.45, 2.75) is 66.8 Å². The van der Waals surface area contributed by atoms with E-state index in [-0.39, 0.29) is 30.2 Å². The molecular formula is C24H43N5O4.